The lowest BCUT2D eigenvalue weighted by molar-refractivity contribution is -0.120. The van der Waals surface area contributed by atoms with E-state index in [1.54, 1.807) is 23.1 Å². The normalized spacial score (nSPS) is 12.2. The summed E-state index contributed by atoms with van der Waals surface area (Å²) in [4.78, 5) is 13.7. The molecule has 0 saturated heterocycles. The molecular formula is C13H20N2O3. The molecule has 1 aromatic rings. The van der Waals surface area contributed by atoms with E-state index in [1.165, 1.54) is 7.11 Å². The Balaban J connectivity index is 3.02. The van der Waals surface area contributed by atoms with Crippen molar-refractivity contribution >= 4 is 11.6 Å². The lowest BCUT2D eigenvalue weighted by atomic mass is 10.1. The number of hydrogen-bond acceptors (Lipinski definition) is 4. The summed E-state index contributed by atoms with van der Waals surface area (Å²) < 4.78 is 4.89. The van der Waals surface area contributed by atoms with Crippen molar-refractivity contribution in [2.75, 3.05) is 25.2 Å². The Bertz CT molecular complexity index is 421. The van der Waals surface area contributed by atoms with Crippen molar-refractivity contribution in [2.45, 2.75) is 19.9 Å². The SMILES string of the molecule is CCN(C(=O)C(N)COC)c1cc(O)ccc1C. The number of methoxy groups -OCH3 is 1. The molecule has 1 unspecified atom stereocenters. The van der Waals surface area contributed by atoms with E-state index in [0.717, 1.165) is 5.56 Å². The first-order valence-corrected chi connectivity index (χ1v) is 5.86. The highest BCUT2D eigenvalue weighted by Crippen LogP contribution is 2.25. The predicted octanol–water partition coefficient (Wildman–Crippen LogP) is 1.03. The van der Waals surface area contributed by atoms with Gasteiger partial charge in [0.2, 0.25) is 5.91 Å². The maximum Gasteiger partial charge on any atom is 0.246 e. The Morgan fingerprint density at radius 2 is 2.22 bits per heavy atom. The molecule has 1 amide bonds. The van der Waals surface area contributed by atoms with Gasteiger partial charge in [-0.1, -0.05) is 6.07 Å². The topological polar surface area (TPSA) is 75.8 Å². The highest BCUT2D eigenvalue weighted by molar-refractivity contribution is 5.97. The maximum absolute atomic E-state index is 12.2. The van der Waals surface area contributed by atoms with Gasteiger partial charge in [0.1, 0.15) is 11.8 Å². The van der Waals surface area contributed by atoms with Crippen LogP contribution >= 0.6 is 0 Å². The standard InChI is InChI=1S/C13H20N2O3/c1-4-15(13(17)11(14)8-18-3)12-7-10(16)6-5-9(12)2/h5-7,11,16H,4,8,14H2,1-3H3. The summed E-state index contributed by atoms with van der Waals surface area (Å²) in [5.41, 5.74) is 7.34. The summed E-state index contributed by atoms with van der Waals surface area (Å²) in [5.74, 6) is -0.0878. The Morgan fingerprint density at radius 1 is 1.56 bits per heavy atom. The van der Waals surface area contributed by atoms with Crippen molar-refractivity contribution in [3.05, 3.63) is 23.8 Å². The van der Waals surface area contributed by atoms with Crippen molar-refractivity contribution in [2.24, 2.45) is 5.73 Å². The highest BCUT2D eigenvalue weighted by atomic mass is 16.5. The molecule has 1 rings (SSSR count). The maximum atomic E-state index is 12.2. The van der Waals surface area contributed by atoms with Gasteiger partial charge < -0.3 is 20.5 Å². The second-order valence-electron chi connectivity index (χ2n) is 4.12. The third-order valence-electron chi connectivity index (χ3n) is 2.73. The number of phenols is 1. The fraction of sp³-hybridized carbons (Fsp3) is 0.462. The predicted molar refractivity (Wildman–Crippen MR) is 70.7 cm³/mol. The van der Waals surface area contributed by atoms with Crippen LogP contribution in [0.3, 0.4) is 0 Å². The first-order chi connectivity index (χ1) is 8.51. The molecule has 0 heterocycles. The van der Waals surface area contributed by atoms with Crippen LogP contribution in [0, 0.1) is 6.92 Å². The molecule has 5 nitrogen and oxygen atoms in total. The minimum absolute atomic E-state index is 0.127. The average Bonchev–Trinajstić information content (AvgIpc) is 2.34. The first kappa shape index (κ1) is 14.5. The fourth-order valence-corrected chi connectivity index (χ4v) is 1.78. The average molecular weight is 252 g/mol. The molecule has 0 aliphatic rings. The van der Waals surface area contributed by atoms with E-state index < -0.39 is 6.04 Å². The van der Waals surface area contributed by atoms with Crippen LogP contribution in [0.25, 0.3) is 0 Å². The number of phenolic OH excluding ortho intramolecular Hbond substituents is 1. The van der Waals surface area contributed by atoms with Gasteiger partial charge in [-0.25, -0.2) is 0 Å². The number of benzene rings is 1. The third kappa shape index (κ3) is 3.21. The molecule has 0 fully saturated rings. The summed E-state index contributed by atoms with van der Waals surface area (Å²) in [6.07, 6.45) is 0. The van der Waals surface area contributed by atoms with Crippen molar-refractivity contribution < 1.29 is 14.6 Å². The van der Waals surface area contributed by atoms with Crippen LogP contribution in [-0.2, 0) is 9.53 Å². The lowest BCUT2D eigenvalue weighted by Gasteiger charge is -2.25. The molecule has 1 atom stereocenters. The summed E-state index contributed by atoms with van der Waals surface area (Å²) in [7, 11) is 1.50. The van der Waals surface area contributed by atoms with Crippen molar-refractivity contribution in [1.82, 2.24) is 0 Å². The molecule has 0 aliphatic carbocycles. The summed E-state index contributed by atoms with van der Waals surface area (Å²) >= 11 is 0. The van der Waals surface area contributed by atoms with Gasteiger partial charge in [-0.15, -0.1) is 0 Å². The number of aryl methyl sites for hydroxylation is 1. The monoisotopic (exact) mass is 252 g/mol. The van der Waals surface area contributed by atoms with Gasteiger partial charge in [0, 0.05) is 19.7 Å². The molecule has 18 heavy (non-hydrogen) atoms. The number of anilines is 1. The lowest BCUT2D eigenvalue weighted by Crippen LogP contribution is -2.46. The minimum atomic E-state index is -0.698. The second-order valence-corrected chi connectivity index (χ2v) is 4.12. The van der Waals surface area contributed by atoms with Gasteiger partial charge in [0.15, 0.2) is 0 Å². The van der Waals surface area contributed by atoms with Crippen LogP contribution in [0.4, 0.5) is 5.69 Å². The van der Waals surface area contributed by atoms with Crippen molar-refractivity contribution in [1.29, 1.82) is 0 Å². The quantitative estimate of drug-likeness (QED) is 0.820. The molecule has 1 aromatic carbocycles. The van der Waals surface area contributed by atoms with Crippen molar-refractivity contribution in [3.63, 3.8) is 0 Å². The number of carbonyl (C=O) groups excluding carboxylic acids is 1. The van der Waals surface area contributed by atoms with Gasteiger partial charge in [0.25, 0.3) is 0 Å². The molecular weight excluding hydrogens is 232 g/mol. The Morgan fingerprint density at radius 3 is 2.78 bits per heavy atom. The number of ether oxygens (including phenoxy) is 1. The van der Waals surface area contributed by atoms with E-state index in [-0.39, 0.29) is 18.3 Å². The second kappa shape index (κ2) is 6.37. The third-order valence-corrected chi connectivity index (χ3v) is 2.73. The van der Waals surface area contributed by atoms with Gasteiger partial charge in [-0.2, -0.15) is 0 Å². The smallest absolute Gasteiger partial charge is 0.246 e. The van der Waals surface area contributed by atoms with Crippen LogP contribution < -0.4 is 10.6 Å². The van der Waals surface area contributed by atoms with E-state index in [0.29, 0.717) is 12.2 Å². The molecule has 5 heteroatoms. The number of likely N-dealkylation sites (N-methyl/N-ethyl adjacent to an activating group) is 1. The number of nitrogens with two attached hydrogens (primary N) is 1. The molecule has 0 saturated carbocycles. The van der Waals surface area contributed by atoms with Crippen molar-refractivity contribution in [3.8, 4) is 5.75 Å². The first-order valence-electron chi connectivity index (χ1n) is 5.86. The largest absolute Gasteiger partial charge is 0.508 e. The molecule has 0 spiro atoms. The minimum Gasteiger partial charge on any atom is -0.508 e. The number of amides is 1. The number of nitrogens with zero attached hydrogens (tertiary/aromatic N) is 1. The molecule has 3 N–H and O–H groups in total. The zero-order chi connectivity index (χ0) is 13.7. The van der Waals surface area contributed by atoms with E-state index in [4.69, 9.17) is 10.5 Å². The van der Waals surface area contributed by atoms with Crippen LogP contribution in [0.15, 0.2) is 18.2 Å². The van der Waals surface area contributed by atoms with Crippen LogP contribution in [0.1, 0.15) is 12.5 Å². The fourth-order valence-electron chi connectivity index (χ4n) is 1.78. The van der Waals surface area contributed by atoms with Gasteiger partial charge >= 0.3 is 0 Å². The molecule has 100 valence electrons. The van der Waals surface area contributed by atoms with Gasteiger partial charge in [-0.05, 0) is 25.5 Å². The summed E-state index contributed by atoms with van der Waals surface area (Å²) in [5, 5.41) is 9.51. The van der Waals surface area contributed by atoms with Crippen LogP contribution in [-0.4, -0.2) is 37.3 Å². The molecule has 0 bridgehead atoms. The zero-order valence-corrected chi connectivity index (χ0v) is 11.0. The number of rotatable bonds is 5. The highest BCUT2D eigenvalue weighted by Gasteiger charge is 2.22. The Hall–Kier alpha value is -1.59. The zero-order valence-electron chi connectivity index (χ0n) is 11.0. The Kier molecular flexibility index (Phi) is 5.12. The number of hydrogen-bond donors (Lipinski definition) is 2. The summed E-state index contributed by atoms with van der Waals surface area (Å²) in [6.45, 7) is 4.40. The van der Waals surface area contributed by atoms with E-state index in [9.17, 15) is 9.90 Å². The van der Waals surface area contributed by atoms with Gasteiger partial charge in [-0.3, -0.25) is 4.79 Å². The molecule has 0 aromatic heterocycles. The number of aromatic hydroxyl groups is 1. The van der Waals surface area contributed by atoms with Gasteiger partial charge in [0.05, 0.1) is 12.3 Å². The number of carbonyl (C=O) groups is 1. The van der Waals surface area contributed by atoms with E-state index in [2.05, 4.69) is 0 Å². The van der Waals surface area contributed by atoms with Crippen LogP contribution in [0.2, 0.25) is 0 Å². The molecule has 0 aliphatic heterocycles. The van der Waals surface area contributed by atoms with E-state index >= 15 is 0 Å². The Labute approximate surface area is 107 Å². The van der Waals surface area contributed by atoms with E-state index in [1.807, 2.05) is 13.8 Å². The van der Waals surface area contributed by atoms with Crippen LogP contribution in [0.5, 0.6) is 5.75 Å². The molecule has 0 radical (unpaired) electrons. The summed E-state index contributed by atoms with van der Waals surface area (Å²) in [6, 6.07) is 4.22.